The molecule has 2 atom stereocenters. The lowest BCUT2D eigenvalue weighted by atomic mass is 10.1. The van der Waals surface area contributed by atoms with Gasteiger partial charge in [0.25, 0.3) is 0 Å². The summed E-state index contributed by atoms with van der Waals surface area (Å²) in [4.78, 5) is 2.36. The molecule has 2 N–H and O–H groups in total. The molecule has 0 aromatic carbocycles. The van der Waals surface area contributed by atoms with Crippen molar-refractivity contribution in [2.75, 3.05) is 27.2 Å². The lowest BCUT2D eigenvalue weighted by Crippen LogP contribution is -2.36. The highest BCUT2D eigenvalue weighted by molar-refractivity contribution is 4.68. The number of aliphatic hydroxyl groups excluding tert-OH is 1. The number of likely N-dealkylation sites (N-methyl/N-ethyl adjacent to an activating group) is 1. The van der Waals surface area contributed by atoms with Crippen molar-refractivity contribution in [1.29, 1.82) is 0 Å². The van der Waals surface area contributed by atoms with Gasteiger partial charge < -0.3 is 15.3 Å². The molecule has 0 heterocycles. The van der Waals surface area contributed by atoms with Gasteiger partial charge in [-0.3, -0.25) is 0 Å². The third-order valence-electron chi connectivity index (χ3n) is 2.92. The number of nitrogens with one attached hydrogen (secondary N) is 1. The first-order valence-electron chi connectivity index (χ1n) is 5.64. The molecule has 0 saturated heterocycles. The second-order valence-electron chi connectivity index (χ2n) is 4.08. The maximum absolute atomic E-state index is 9.00. The van der Waals surface area contributed by atoms with Gasteiger partial charge in [-0.1, -0.05) is 13.3 Å². The standard InChI is InChI=1S/C11H26N2O/c1-5-6-10(2)13(4)8-7-11(9-14)12-3/h10-12,14H,5-9H2,1-4H3. The number of aliphatic hydroxyl groups is 1. The molecule has 2 unspecified atom stereocenters. The van der Waals surface area contributed by atoms with Crippen molar-refractivity contribution in [3.63, 3.8) is 0 Å². The zero-order chi connectivity index (χ0) is 11.0. The van der Waals surface area contributed by atoms with Crippen LogP contribution in [0.15, 0.2) is 0 Å². The van der Waals surface area contributed by atoms with Crippen LogP contribution in [0.1, 0.15) is 33.1 Å². The Morgan fingerprint density at radius 1 is 1.36 bits per heavy atom. The van der Waals surface area contributed by atoms with Gasteiger partial charge in [-0.25, -0.2) is 0 Å². The van der Waals surface area contributed by atoms with E-state index in [4.69, 9.17) is 5.11 Å². The molecule has 14 heavy (non-hydrogen) atoms. The summed E-state index contributed by atoms with van der Waals surface area (Å²) in [6, 6.07) is 0.891. The number of nitrogens with zero attached hydrogens (tertiary/aromatic N) is 1. The van der Waals surface area contributed by atoms with Crippen molar-refractivity contribution in [2.24, 2.45) is 0 Å². The van der Waals surface area contributed by atoms with Crippen LogP contribution < -0.4 is 5.32 Å². The van der Waals surface area contributed by atoms with Gasteiger partial charge in [0.15, 0.2) is 0 Å². The summed E-state index contributed by atoms with van der Waals surface area (Å²) in [5.41, 5.74) is 0. The average Bonchev–Trinajstić information content (AvgIpc) is 2.19. The molecular weight excluding hydrogens is 176 g/mol. The Balaban J connectivity index is 3.65. The number of hydrogen-bond acceptors (Lipinski definition) is 3. The number of rotatable bonds is 8. The van der Waals surface area contributed by atoms with Gasteiger partial charge in [-0.05, 0) is 40.4 Å². The van der Waals surface area contributed by atoms with Gasteiger partial charge in [-0.15, -0.1) is 0 Å². The van der Waals surface area contributed by atoms with Crippen LogP contribution in [-0.4, -0.2) is 49.3 Å². The maximum atomic E-state index is 9.00. The lowest BCUT2D eigenvalue weighted by Gasteiger charge is -2.26. The topological polar surface area (TPSA) is 35.5 Å². The van der Waals surface area contributed by atoms with E-state index in [0.29, 0.717) is 6.04 Å². The Kier molecular flexibility index (Phi) is 8.14. The molecule has 0 amide bonds. The zero-order valence-electron chi connectivity index (χ0n) is 10.1. The van der Waals surface area contributed by atoms with E-state index in [1.165, 1.54) is 12.8 Å². The van der Waals surface area contributed by atoms with E-state index < -0.39 is 0 Å². The van der Waals surface area contributed by atoms with Crippen LogP contribution in [0.2, 0.25) is 0 Å². The third kappa shape index (κ3) is 5.58. The predicted molar refractivity (Wildman–Crippen MR) is 61.6 cm³/mol. The largest absolute Gasteiger partial charge is 0.395 e. The minimum Gasteiger partial charge on any atom is -0.395 e. The minimum atomic E-state index is 0.229. The van der Waals surface area contributed by atoms with Crippen LogP contribution in [-0.2, 0) is 0 Å². The van der Waals surface area contributed by atoms with Crippen LogP contribution in [0, 0.1) is 0 Å². The van der Waals surface area contributed by atoms with E-state index in [0.717, 1.165) is 13.0 Å². The fourth-order valence-corrected chi connectivity index (χ4v) is 1.54. The van der Waals surface area contributed by atoms with Gasteiger partial charge in [0.2, 0.25) is 0 Å². The molecule has 0 aliphatic rings. The second kappa shape index (κ2) is 8.21. The molecule has 0 saturated carbocycles. The molecule has 3 nitrogen and oxygen atoms in total. The minimum absolute atomic E-state index is 0.229. The molecule has 0 aliphatic heterocycles. The monoisotopic (exact) mass is 202 g/mol. The van der Waals surface area contributed by atoms with Crippen molar-refractivity contribution in [3.05, 3.63) is 0 Å². The van der Waals surface area contributed by atoms with Crippen molar-refractivity contribution < 1.29 is 5.11 Å². The van der Waals surface area contributed by atoms with Crippen LogP contribution in [0.4, 0.5) is 0 Å². The normalized spacial score (nSPS) is 15.9. The van der Waals surface area contributed by atoms with E-state index in [-0.39, 0.29) is 12.6 Å². The highest BCUT2D eigenvalue weighted by atomic mass is 16.3. The first kappa shape index (κ1) is 13.9. The van der Waals surface area contributed by atoms with Crippen LogP contribution in [0.5, 0.6) is 0 Å². The SMILES string of the molecule is CCCC(C)N(C)CCC(CO)NC. The van der Waals surface area contributed by atoms with Crippen molar-refractivity contribution in [2.45, 2.75) is 45.2 Å². The Hall–Kier alpha value is -0.120. The Labute approximate surface area is 88.5 Å². The van der Waals surface area contributed by atoms with Gasteiger partial charge in [0, 0.05) is 12.1 Å². The van der Waals surface area contributed by atoms with Crippen molar-refractivity contribution >= 4 is 0 Å². The summed E-state index contributed by atoms with van der Waals surface area (Å²) >= 11 is 0. The van der Waals surface area contributed by atoms with Gasteiger partial charge in [0.1, 0.15) is 0 Å². The molecule has 0 radical (unpaired) electrons. The molecule has 0 rings (SSSR count). The molecule has 0 spiro atoms. The Morgan fingerprint density at radius 2 is 2.00 bits per heavy atom. The van der Waals surface area contributed by atoms with E-state index >= 15 is 0 Å². The molecule has 0 aromatic rings. The highest BCUT2D eigenvalue weighted by Gasteiger charge is 2.10. The third-order valence-corrected chi connectivity index (χ3v) is 2.92. The Bertz CT molecular complexity index is 126. The van der Waals surface area contributed by atoms with E-state index in [2.05, 4.69) is 31.1 Å². The van der Waals surface area contributed by atoms with Gasteiger partial charge in [0.05, 0.1) is 6.61 Å². The lowest BCUT2D eigenvalue weighted by molar-refractivity contribution is 0.199. The van der Waals surface area contributed by atoms with Gasteiger partial charge >= 0.3 is 0 Å². The van der Waals surface area contributed by atoms with Crippen LogP contribution >= 0.6 is 0 Å². The highest BCUT2D eigenvalue weighted by Crippen LogP contribution is 2.05. The quantitative estimate of drug-likeness (QED) is 0.618. The van der Waals surface area contributed by atoms with E-state index in [1.807, 2.05) is 7.05 Å². The van der Waals surface area contributed by atoms with Crippen molar-refractivity contribution in [1.82, 2.24) is 10.2 Å². The maximum Gasteiger partial charge on any atom is 0.0585 e. The molecule has 0 fully saturated rings. The first-order valence-corrected chi connectivity index (χ1v) is 5.64. The first-order chi connectivity index (χ1) is 6.65. The van der Waals surface area contributed by atoms with Gasteiger partial charge in [-0.2, -0.15) is 0 Å². The number of hydrogen-bond donors (Lipinski definition) is 2. The Morgan fingerprint density at radius 3 is 2.43 bits per heavy atom. The fourth-order valence-electron chi connectivity index (χ4n) is 1.54. The zero-order valence-corrected chi connectivity index (χ0v) is 10.1. The summed E-state index contributed by atoms with van der Waals surface area (Å²) in [5, 5.41) is 12.1. The fraction of sp³-hybridized carbons (Fsp3) is 1.00. The summed E-state index contributed by atoms with van der Waals surface area (Å²) in [6.07, 6.45) is 3.50. The molecule has 0 bridgehead atoms. The second-order valence-corrected chi connectivity index (χ2v) is 4.08. The molecule has 3 heteroatoms. The smallest absolute Gasteiger partial charge is 0.0585 e. The summed E-state index contributed by atoms with van der Waals surface area (Å²) in [5.74, 6) is 0. The van der Waals surface area contributed by atoms with Crippen LogP contribution in [0.25, 0.3) is 0 Å². The van der Waals surface area contributed by atoms with E-state index in [9.17, 15) is 0 Å². The predicted octanol–water partition coefficient (Wildman–Crippen LogP) is 1.08. The van der Waals surface area contributed by atoms with Crippen LogP contribution in [0.3, 0.4) is 0 Å². The van der Waals surface area contributed by atoms with E-state index in [1.54, 1.807) is 0 Å². The summed E-state index contributed by atoms with van der Waals surface area (Å²) in [6.45, 7) is 5.75. The van der Waals surface area contributed by atoms with Crippen molar-refractivity contribution in [3.8, 4) is 0 Å². The molecule has 0 aromatic heterocycles. The molecule has 0 aliphatic carbocycles. The summed E-state index contributed by atoms with van der Waals surface area (Å²) in [7, 11) is 4.06. The molecular formula is C11H26N2O. The molecule has 86 valence electrons. The summed E-state index contributed by atoms with van der Waals surface area (Å²) < 4.78 is 0. The average molecular weight is 202 g/mol.